The van der Waals surface area contributed by atoms with Crippen LogP contribution in [0.5, 0.6) is 0 Å². The highest BCUT2D eigenvalue weighted by Gasteiger charge is 2.75. The average Bonchev–Trinajstić information content (AvgIpc) is 3.71. The monoisotopic (exact) mass is 635 g/mol. The van der Waals surface area contributed by atoms with Crippen molar-refractivity contribution in [3.63, 3.8) is 0 Å². The Labute approximate surface area is 272 Å². The van der Waals surface area contributed by atoms with Crippen LogP contribution < -0.4 is 5.32 Å². The van der Waals surface area contributed by atoms with Crippen molar-refractivity contribution in [3.8, 4) is 0 Å². The van der Waals surface area contributed by atoms with Gasteiger partial charge in [-0.25, -0.2) is 0 Å². The first-order valence-corrected chi connectivity index (χ1v) is 16.9. The molecule has 2 N–H and O–H groups in total. The fourth-order valence-electron chi connectivity index (χ4n) is 8.23. The van der Waals surface area contributed by atoms with Gasteiger partial charge >= 0.3 is 5.97 Å². The van der Waals surface area contributed by atoms with Crippen molar-refractivity contribution in [3.05, 3.63) is 61.2 Å². The van der Waals surface area contributed by atoms with E-state index in [2.05, 4.69) is 18.5 Å². The molecular weight excluding hydrogens is 586 g/mol. The summed E-state index contributed by atoms with van der Waals surface area (Å²) < 4.78 is 12.8. The molecule has 3 amide bonds. The Morgan fingerprint density at radius 1 is 1.15 bits per heavy atom. The summed E-state index contributed by atoms with van der Waals surface area (Å²) in [6, 6.07) is 7.84. The van der Waals surface area contributed by atoms with Gasteiger partial charge in [0, 0.05) is 32.2 Å². The third-order valence-electron chi connectivity index (χ3n) is 10.3. The molecule has 10 heteroatoms. The Balaban J connectivity index is 1.43. The molecule has 10 nitrogen and oxygen atoms in total. The predicted octanol–water partition coefficient (Wildman–Crippen LogP) is 3.85. The van der Waals surface area contributed by atoms with E-state index in [0.29, 0.717) is 37.8 Å². The van der Waals surface area contributed by atoms with Gasteiger partial charge in [0.15, 0.2) is 0 Å². The summed E-state index contributed by atoms with van der Waals surface area (Å²) in [4.78, 5) is 59.1. The van der Waals surface area contributed by atoms with Crippen LogP contribution in [-0.2, 0) is 28.7 Å². The number of carbonyl (C=O) groups excluding carboxylic acids is 4. The molecule has 1 aliphatic carbocycles. The van der Waals surface area contributed by atoms with Crippen molar-refractivity contribution >= 4 is 23.7 Å². The maximum atomic E-state index is 14.6. The van der Waals surface area contributed by atoms with E-state index in [4.69, 9.17) is 9.47 Å². The molecule has 0 unspecified atom stereocenters. The second-order valence-electron chi connectivity index (χ2n) is 13.2. The van der Waals surface area contributed by atoms with E-state index in [-0.39, 0.29) is 43.3 Å². The molecule has 3 aliphatic heterocycles. The van der Waals surface area contributed by atoms with Crippen LogP contribution in [0.15, 0.2) is 55.6 Å². The molecule has 1 aromatic rings. The lowest BCUT2D eigenvalue weighted by Gasteiger charge is -2.40. The molecule has 4 fully saturated rings. The van der Waals surface area contributed by atoms with Gasteiger partial charge in [0.2, 0.25) is 17.7 Å². The molecule has 2 bridgehead atoms. The van der Waals surface area contributed by atoms with Crippen molar-refractivity contribution in [2.45, 2.75) is 107 Å². The highest BCUT2D eigenvalue weighted by atomic mass is 16.6. The maximum Gasteiger partial charge on any atom is 0.313 e. The molecule has 4 aliphatic rings. The Kier molecular flexibility index (Phi) is 11.0. The second kappa shape index (κ2) is 14.9. The lowest BCUT2D eigenvalue weighted by molar-refractivity contribution is -0.162. The largest absolute Gasteiger partial charge is 0.455 e. The molecule has 0 radical (unpaired) electrons. The first-order valence-electron chi connectivity index (χ1n) is 16.9. The summed E-state index contributed by atoms with van der Waals surface area (Å²) >= 11 is 0. The number of likely N-dealkylation sites (tertiary alicyclic amines) is 1. The smallest absolute Gasteiger partial charge is 0.313 e. The minimum Gasteiger partial charge on any atom is -0.455 e. The summed E-state index contributed by atoms with van der Waals surface area (Å²) in [5.41, 5.74) is -0.437. The van der Waals surface area contributed by atoms with Gasteiger partial charge in [-0.05, 0) is 51.0 Å². The van der Waals surface area contributed by atoms with Gasteiger partial charge in [-0.15, -0.1) is 13.2 Å². The van der Waals surface area contributed by atoms with Crippen LogP contribution in [0.25, 0.3) is 0 Å². The average molecular weight is 636 g/mol. The van der Waals surface area contributed by atoms with Gasteiger partial charge in [-0.2, -0.15) is 0 Å². The second-order valence-corrected chi connectivity index (χ2v) is 13.2. The molecular formula is C36H49N3O7. The van der Waals surface area contributed by atoms with Crippen molar-refractivity contribution < 1.29 is 33.8 Å². The van der Waals surface area contributed by atoms with Crippen LogP contribution in [0.1, 0.15) is 82.8 Å². The number of hydrogen-bond donors (Lipinski definition) is 2. The van der Waals surface area contributed by atoms with E-state index in [1.165, 1.54) is 0 Å². The van der Waals surface area contributed by atoms with E-state index in [1.807, 2.05) is 35.2 Å². The summed E-state index contributed by atoms with van der Waals surface area (Å²) in [6.45, 7) is 9.79. The zero-order valence-electron chi connectivity index (χ0n) is 27.0. The minimum atomic E-state index is -1.15. The van der Waals surface area contributed by atoms with E-state index in [9.17, 15) is 24.3 Å². The van der Waals surface area contributed by atoms with Crippen LogP contribution in [0.4, 0.5) is 0 Å². The fourth-order valence-corrected chi connectivity index (χ4v) is 8.23. The van der Waals surface area contributed by atoms with Crippen LogP contribution in [-0.4, -0.2) is 88.1 Å². The van der Waals surface area contributed by atoms with Crippen LogP contribution >= 0.6 is 0 Å². The number of aliphatic hydroxyl groups is 1. The molecule has 1 spiro atoms. The van der Waals surface area contributed by atoms with E-state index < -0.39 is 47.7 Å². The van der Waals surface area contributed by atoms with E-state index in [0.717, 1.165) is 32.1 Å². The third kappa shape index (κ3) is 6.51. The van der Waals surface area contributed by atoms with Gasteiger partial charge in [0.1, 0.15) is 17.7 Å². The number of amides is 3. The van der Waals surface area contributed by atoms with Crippen molar-refractivity contribution in [2.24, 2.45) is 11.8 Å². The third-order valence-corrected chi connectivity index (χ3v) is 10.3. The van der Waals surface area contributed by atoms with Gasteiger partial charge in [0.05, 0.1) is 24.0 Å². The molecule has 3 heterocycles. The predicted molar refractivity (Wildman–Crippen MR) is 172 cm³/mol. The molecule has 46 heavy (non-hydrogen) atoms. The molecule has 3 saturated heterocycles. The Morgan fingerprint density at radius 3 is 2.57 bits per heavy atom. The number of hydrogen-bond acceptors (Lipinski definition) is 7. The number of benzene rings is 1. The first-order chi connectivity index (χ1) is 22.3. The summed E-state index contributed by atoms with van der Waals surface area (Å²) in [5.74, 6) is -3.00. The van der Waals surface area contributed by atoms with Crippen molar-refractivity contribution in [1.82, 2.24) is 15.1 Å². The molecule has 1 saturated carbocycles. The lowest BCUT2D eigenvalue weighted by atomic mass is 9.70. The molecule has 0 aromatic heterocycles. The highest BCUT2D eigenvalue weighted by molar-refractivity contribution is 5.98. The number of nitrogens with one attached hydrogen (secondary N) is 1. The van der Waals surface area contributed by atoms with Crippen LogP contribution in [0, 0.1) is 11.8 Å². The topological polar surface area (TPSA) is 125 Å². The SMILES string of the molecule is C=CCCC(=O)N[C@H](C)[C@@H](OC(=O)[C@@H]1[C@@H]2CC[C@]3(O2)[C@H](C(=O)N(CC=C)C2CCCCC2)N(CCCO)C(=O)[C@@H]13)c1ccccc1. The summed E-state index contributed by atoms with van der Waals surface area (Å²) in [5, 5.41) is 12.6. The number of nitrogens with zero attached hydrogens (tertiary/aromatic N) is 2. The first kappa shape index (κ1) is 33.9. The van der Waals surface area contributed by atoms with Gasteiger partial charge in [-0.1, -0.05) is 61.7 Å². The number of fused-ring (bicyclic) bond motifs is 1. The Morgan fingerprint density at radius 2 is 1.89 bits per heavy atom. The Hall–Kier alpha value is -3.50. The normalized spacial score (nSPS) is 28.3. The van der Waals surface area contributed by atoms with E-state index >= 15 is 0 Å². The fraction of sp³-hybridized carbons (Fsp3) is 0.611. The zero-order chi connectivity index (χ0) is 32.8. The minimum absolute atomic E-state index is 0.0543. The number of carbonyl (C=O) groups is 4. The quantitative estimate of drug-likeness (QED) is 0.222. The zero-order valence-corrected chi connectivity index (χ0v) is 27.0. The number of esters is 1. The number of aliphatic hydroxyl groups excluding tert-OH is 1. The molecule has 1 aromatic carbocycles. The maximum absolute atomic E-state index is 14.6. The number of ether oxygens (including phenoxy) is 2. The molecule has 7 atom stereocenters. The van der Waals surface area contributed by atoms with E-state index in [1.54, 1.807) is 24.0 Å². The van der Waals surface area contributed by atoms with Crippen molar-refractivity contribution in [2.75, 3.05) is 19.7 Å². The number of rotatable bonds is 15. The van der Waals surface area contributed by atoms with Gasteiger partial charge < -0.3 is 29.7 Å². The number of allylic oxidation sites excluding steroid dienone is 1. The standard InChI is InChI=1S/C36H49N3O7/c1-4-6-18-28(41)37-24(3)31(25-14-9-7-10-15-25)45-35(44)29-27-19-20-36(46-27)30(29)33(42)39(22-13-23-40)32(36)34(43)38(21-5-2)26-16-11-8-12-17-26/h4-5,7,9-10,14-15,24,26-27,29-32,40H,1-2,6,8,11-13,16-23H2,3H3,(H,37,41)/t24-,27+,29-,30-,31-,32+,36-/m1/s1. The molecule has 250 valence electrons. The van der Waals surface area contributed by atoms with Crippen LogP contribution in [0.2, 0.25) is 0 Å². The lowest BCUT2D eigenvalue weighted by Crippen LogP contribution is -2.58. The summed E-state index contributed by atoms with van der Waals surface area (Å²) in [6.07, 6.45) is 9.16. The van der Waals surface area contributed by atoms with Crippen LogP contribution in [0.3, 0.4) is 0 Å². The summed E-state index contributed by atoms with van der Waals surface area (Å²) in [7, 11) is 0. The molecule has 5 rings (SSSR count). The van der Waals surface area contributed by atoms with Crippen molar-refractivity contribution in [1.29, 1.82) is 0 Å². The van der Waals surface area contributed by atoms with Gasteiger partial charge in [0.25, 0.3) is 0 Å². The Bertz CT molecular complexity index is 1280. The highest BCUT2D eigenvalue weighted by Crippen LogP contribution is 2.59. The van der Waals surface area contributed by atoms with Gasteiger partial charge in [-0.3, -0.25) is 19.2 Å².